The molecule has 7 nitrogen and oxygen atoms in total. The second kappa shape index (κ2) is 10.1. The third kappa shape index (κ3) is 4.94. The topological polar surface area (TPSA) is 93.7 Å². The molecule has 0 saturated carbocycles. The molecule has 0 aliphatic carbocycles. The number of esters is 1. The number of hydrogen-bond donors (Lipinski definition) is 2. The largest absolute Gasteiger partial charge is 0.497 e. The number of rotatable bonds is 7. The molecule has 0 fully saturated rings. The first-order valence-electron chi connectivity index (χ1n) is 9.67. The van der Waals surface area contributed by atoms with E-state index in [1.807, 2.05) is 0 Å². The Morgan fingerprint density at radius 1 is 1.03 bits per heavy atom. The van der Waals surface area contributed by atoms with Gasteiger partial charge < -0.3 is 20.1 Å². The fourth-order valence-corrected chi connectivity index (χ4v) is 4.06. The van der Waals surface area contributed by atoms with Crippen molar-refractivity contribution in [2.45, 2.75) is 13.8 Å². The summed E-state index contributed by atoms with van der Waals surface area (Å²) in [5, 5.41) is 5.39. The lowest BCUT2D eigenvalue weighted by Crippen LogP contribution is -2.16. The lowest BCUT2D eigenvalue weighted by atomic mass is 10.1. The number of halogens is 1. The molecule has 1 heterocycles. The average Bonchev–Trinajstić information content (AvgIpc) is 3.10. The quantitative estimate of drug-likeness (QED) is 0.494. The maximum absolute atomic E-state index is 14.0. The molecule has 9 heteroatoms. The summed E-state index contributed by atoms with van der Waals surface area (Å²) in [6.45, 7) is 3.34. The van der Waals surface area contributed by atoms with Crippen molar-refractivity contribution < 1.29 is 28.2 Å². The highest BCUT2D eigenvalue weighted by Gasteiger charge is 2.27. The lowest BCUT2D eigenvalue weighted by molar-refractivity contribution is 0.0527. The molecule has 0 spiro atoms. The fourth-order valence-electron chi connectivity index (χ4n) is 2.97. The van der Waals surface area contributed by atoms with E-state index >= 15 is 0 Å². The number of carbonyl (C=O) groups is 3. The fraction of sp³-hybridized carbons (Fsp3) is 0.174. The molecule has 166 valence electrons. The molecule has 0 unspecified atom stereocenters. The predicted molar refractivity (Wildman–Crippen MR) is 120 cm³/mol. The van der Waals surface area contributed by atoms with E-state index in [9.17, 15) is 18.8 Å². The number of carbonyl (C=O) groups excluding carboxylic acids is 3. The molecule has 0 atom stereocenters. The van der Waals surface area contributed by atoms with Gasteiger partial charge in [-0.05, 0) is 43.7 Å². The van der Waals surface area contributed by atoms with Gasteiger partial charge in [-0.15, -0.1) is 11.3 Å². The van der Waals surface area contributed by atoms with Gasteiger partial charge in [0.2, 0.25) is 0 Å². The first-order valence-corrected chi connectivity index (χ1v) is 10.5. The van der Waals surface area contributed by atoms with Crippen molar-refractivity contribution in [2.24, 2.45) is 0 Å². The first kappa shape index (κ1) is 23.0. The second-order valence-electron chi connectivity index (χ2n) is 6.60. The average molecular weight is 456 g/mol. The van der Waals surface area contributed by atoms with Crippen molar-refractivity contribution >= 4 is 39.8 Å². The number of amides is 2. The standard InChI is InChI=1S/C23H21FN2O5S/c1-4-31-23(29)18-13(2)19(21(28)25-14-8-7-9-15(12-14)30-3)32-22(18)26-20(27)16-10-5-6-11-17(16)24/h5-12H,4H2,1-3H3,(H,25,28)(H,26,27). The lowest BCUT2D eigenvalue weighted by Gasteiger charge is -2.07. The molecule has 2 amide bonds. The number of nitrogens with one attached hydrogen (secondary N) is 2. The van der Waals surface area contributed by atoms with Crippen LogP contribution in [0.4, 0.5) is 15.1 Å². The van der Waals surface area contributed by atoms with Crippen molar-refractivity contribution in [1.82, 2.24) is 0 Å². The third-order valence-corrected chi connectivity index (χ3v) is 5.71. The summed E-state index contributed by atoms with van der Waals surface area (Å²) in [5.74, 6) is -2.04. The minimum Gasteiger partial charge on any atom is -0.497 e. The van der Waals surface area contributed by atoms with Gasteiger partial charge >= 0.3 is 5.97 Å². The van der Waals surface area contributed by atoms with Crippen LogP contribution in [0.2, 0.25) is 0 Å². The Morgan fingerprint density at radius 3 is 2.47 bits per heavy atom. The molecule has 0 radical (unpaired) electrons. The van der Waals surface area contributed by atoms with Crippen molar-refractivity contribution in [3.05, 3.63) is 75.9 Å². The molecule has 2 N–H and O–H groups in total. The van der Waals surface area contributed by atoms with Crippen LogP contribution in [0.3, 0.4) is 0 Å². The molecule has 1 aromatic heterocycles. The third-order valence-electron chi connectivity index (χ3n) is 4.51. The van der Waals surface area contributed by atoms with E-state index in [2.05, 4.69) is 10.6 Å². The summed E-state index contributed by atoms with van der Waals surface area (Å²) < 4.78 is 24.3. The van der Waals surface area contributed by atoms with Gasteiger partial charge in [0.05, 0.1) is 29.7 Å². The van der Waals surface area contributed by atoms with Crippen LogP contribution in [0, 0.1) is 12.7 Å². The number of thiophene rings is 1. The summed E-state index contributed by atoms with van der Waals surface area (Å²) in [6, 6.07) is 12.3. The Hall–Kier alpha value is -3.72. The van der Waals surface area contributed by atoms with Gasteiger partial charge in [0, 0.05) is 11.8 Å². The number of ether oxygens (including phenoxy) is 2. The van der Waals surface area contributed by atoms with Crippen LogP contribution in [-0.2, 0) is 4.74 Å². The van der Waals surface area contributed by atoms with Crippen molar-refractivity contribution in [1.29, 1.82) is 0 Å². The SMILES string of the molecule is CCOC(=O)c1c(NC(=O)c2ccccc2F)sc(C(=O)Nc2cccc(OC)c2)c1C. The zero-order valence-electron chi connectivity index (χ0n) is 17.7. The normalized spacial score (nSPS) is 10.4. The molecule has 0 aliphatic rings. The van der Waals surface area contributed by atoms with Gasteiger partial charge in [0.25, 0.3) is 11.8 Å². The van der Waals surface area contributed by atoms with Crippen molar-refractivity contribution in [3.8, 4) is 5.75 Å². The van der Waals surface area contributed by atoms with E-state index in [0.29, 0.717) is 17.0 Å². The van der Waals surface area contributed by atoms with Crippen LogP contribution < -0.4 is 15.4 Å². The summed E-state index contributed by atoms with van der Waals surface area (Å²) >= 11 is 0.908. The highest BCUT2D eigenvalue weighted by atomic mass is 32.1. The monoisotopic (exact) mass is 456 g/mol. The molecular formula is C23H21FN2O5S. The maximum atomic E-state index is 14.0. The van der Waals surface area contributed by atoms with E-state index in [-0.39, 0.29) is 27.6 Å². The highest BCUT2D eigenvalue weighted by Crippen LogP contribution is 2.35. The maximum Gasteiger partial charge on any atom is 0.341 e. The van der Waals surface area contributed by atoms with Crippen LogP contribution in [0.5, 0.6) is 5.75 Å². The van der Waals surface area contributed by atoms with E-state index in [4.69, 9.17) is 9.47 Å². The van der Waals surface area contributed by atoms with Crippen LogP contribution in [-0.4, -0.2) is 31.5 Å². The zero-order valence-corrected chi connectivity index (χ0v) is 18.5. The van der Waals surface area contributed by atoms with Crippen LogP contribution in [0.1, 0.15) is 42.9 Å². The zero-order chi connectivity index (χ0) is 23.3. The Kier molecular flexibility index (Phi) is 7.21. The van der Waals surface area contributed by atoms with Gasteiger partial charge in [-0.25, -0.2) is 9.18 Å². The predicted octanol–water partition coefficient (Wildman–Crippen LogP) is 4.89. The second-order valence-corrected chi connectivity index (χ2v) is 7.62. The number of benzene rings is 2. The molecule has 32 heavy (non-hydrogen) atoms. The first-order chi connectivity index (χ1) is 15.3. The van der Waals surface area contributed by atoms with Gasteiger partial charge in [0.15, 0.2) is 0 Å². The molecular weight excluding hydrogens is 435 g/mol. The number of hydrogen-bond acceptors (Lipinski definition) is 6. The van der Waals surface area contributed by atoms with Crippen LogP contribution in [0.25, 0.3) is 0 Å². The summed E-state index contributed by atoms with van der Waals surface area (Å²) in [7, 11) is 1.51. The van der Waals surface area contributed by atoms with Crippen molar-refractivity contribution in [2.75, 3.05) is 24.4 Å². The Balaban J connectivity index is 1.95. The number of anilines is 2. The molecule has 2 aromatic carbocycles. The van der Waals surface area contributed by atoms with E-state index in [0.717, 1.165) is 17.4 Å². The molecule has 0 aliphatic heterocycles. The highest BCUT2D eigenvalue weighted by molar-refractivity contribution is 7.19. The summed E-state index contributed by atoms with van der Waals surface area (Å²) in [6.07, 6.45) is 0. The Bertz CT molecular complexity index is 1170. The molecule has 0 saturated heterocycles. The van der Waals surface area contributed by atoms with E-state index < -0.39 is 23.6 Å². The van der Waals surface area contributed by atoms with Crippen LogP contribution in [0.15, 0.2) is 48.5 Å². The summed E-state index contributed by atoms with van der Waals surface area (Å²) in [4.78, 5) is 38.3. The summed E-state index contributed by atoms with van der Waals surface area (Å²) in [5.41, 5.74) is 0.711. The van der Waals surface area contributed by atoms with Gasteiger partial charge in [0.1, 0.15) is 16.6 Å². The van der Waals surface area contributed by atoms with E-state index in [1.165, 1.54) is 25.3 Å². The smallest absolute Gasteiger partial charge is 0.341 e. The van der Waals surface area contributed by atoms with Crippen molar-refractivity contribution in [3.63, 3.8) is 0 Å². The molecule has 0 bridgehead atoms. The van der Waals surface area contributed by atoms with E-state index in [1.54, 1.807) is 38.1 Å². The number of methoxy groups -OCH3 is 1. The Morgan fingerprint density at radius 2 is 1.78 bits per heavy atom. The molecule has 3 rings (SSSR count). The minimum atomic E-state index is -0.741. The van der Waals surface area contributed by atoms with Gasteiger partial charge in [-0.1, -0.05) is 18.2 Å². The van der Waals surface area contributed by atoms with Gasteiger partial charge in [-0.3, -0.25) is 9.59 Å². The minimum absolute atomic E-state index is 0.0531. The van der Waals surface area contributed by atoms with Gasteiger partial charge in [-0.2, -0.15) is 0 Å². The molecule has 3 aromatic rings. The Labute approximate surface area is 188 Å². The van der Waals surface area contributed by atoms with Crippen LogP contribution >= 0.6 is 11.3 Å².